The molecule has 1 saturated carbocycles. The zero-order valence-electron chi connectivity index (χ0n) is 11.6. The molecule has 0 aliphatic heterocycles. The van der Waals surface area contributed by atoms with E-state index in [4.69, 9.17) is 10.5 Å². The molecule has 1 aliphatic carbocycles. The summed E-state index contributed by atoms with van der Waals surface area (Å²) in [7, 11) is 0. The third kappa shape index (κ3) is 4.23. The van der Waals surface area contributed by atoms with Crippen LogP contribution in [0.4, 0.5) is 0 Å². The quantitative estimate of drug-likeness (QED) is 0.752. The number of aliphatic hydroxyl groups excluding tert-OH is 1. The molecule has 1 rings (SSSR count). The Morgan fingerprint density at radius 2 is 1.94 bits per heavy atom. The van der Waals surface area contributed by atoms with Crippen LogP contribution in [0.5, 0.6) is 0 Å². The summed E-state index contributed by atoms with van der Waals surface area (Å²) in [6, 6.07) is 0. The van der Waals surface area contributed by atoms with E-state index in [-0.39, 0.29) is 17.6 Å². The third-order valence-corrected chi connectivity index (χ3v) is 4.30. The van der Waals surface area contributed by atoms with Gasteiger partial charge in [-0.1, -0.05) is 27.2 Å². The maximum atomic E-state index is 9.80. The molecular formula is C14H29NO2. The van der Waals surface area contributed by atoms with E-state index in [0.717, 1.165) is 18.8 Å². The first-order chi connectivity index (χ1) is 8.03. The molecule has 0 aromatic heterocycles. The summed E-state index contributed by atoms with van der Waals surface area (Å²) in [6.45, 7) is 7.28. The highest BCUT2D eigenvalue weighted by molar-refractivity contribution is 4.88. The van der Waals surface area contributed by atoms with Crippen molar-refractivity contribution >= 4 is 0 Å². The van der Waals surface area contributed by atoms with E-state index >= 15 is 0 Å². The van der Waals surface area contributed by atoms with Crippen LogP contribution in [0, 0.1) is 11.8 Å². The topological polar surface area (TPSA) is 55.5 Å². The maximum absolute atomic E-state index is 9.80. The van der Waals surface area contributed by atoms with Gasteiger partial charge >= 0.3 is 0 Å². The molecule has 0 heterocycles. The largest absolute Gasteiger partial charge is 0.390 e. The van der Waals surface area contributed by atoms with Crippen molar-refractivity contribution in [3.8, 4) is 0 Å². The van der Waals surface area contributed by atoms with Crippen molar-refractivity contribution in [2.45, 2.75) is 64.6 Å². The average molecular weight is 243 g/mol. The lowest BCUT2D eigenvalue weighted by molar-refractivity contribution is -0.106. The molecule has 0 aromatic carbocycles. The summed E-state index contributed by atoms with van der Waals surface area (Å²) < 4.78 is 5.96. The van der Waals surface area contributed by atoms with E-state index in [2.05, 4.69) is 6.92 Å². The molecule has 1 atom stereocenters. The zero-order chi connectivity index (χ0) is 12.9. The van der Waals surface area contributed by atoms with E-state index in [1.807, 2.05) is 13.8 Å². The number of hydrogen-bond acceptors (Lipinski definition) is 3. The Morgan fingerprint density at radius 3 is 2.35 bits per heavy atom. The van der Waals surface area contributed by atoms with Crippen molar-refractivity contribution < 1.29 is 9.84 Å². The van der Waals surface area contributed by atoms with Crippen molar-refractivity contribution in [1.29, 1.82) is 0 Å². The zero-order valence-corrected chi connectivity index (χ0v) is 11.6. The lowest BCUT2D eigenvalue weighted by Crippen LogP contribution is -2.45. The maximum Gasteiger partial charge on any atom is 0.0805 e. The average Bonchev–Trinajstić information content (AvgIpc) is 2.36. The second-order valence-corrected chi connectivity index (χ2v) is 5.86. The standard InChI is InChI=1S/C14H29NO2/c1-4-12-5-7-14(10-15,8-6-12)17-9-13(16)11(2)3/h11-13,16H,4-10,15H2,1-3H3. The number of ether oxygens (including phenoxy) is 1. The van der Waals surface area contributed by atoms with E-state index in [9.17, 15) is 5.11 Å². The van der Waals surface area contributed by atoms with E-state index < -0.39 is 0 Å². The van der Waals surface area contributed by atoms with E-state index in [1.54, 1.807) is 0 Å². The first-order valence-corrected chi connectivity index (χ1v) is 7.05. The van der Waals surface area contributed by atoms with Crippen LogP contribution >= 0.6 is 0 Å². The number of nitrogens with two attached hydrogens (primary N) is 1. The van der Waals surface area contributed by atoms with Gasteiger partial charge in [0.15, 0.2) is 0 Å². The van der Waals surface area contributed by atoms with Crippen LogP contribution in [0.15, 0.2) is 0 Å². The first kappa shape index (κ1) is 14.9. The molecule has 1 unspecified atom stereocenters. The van der Waals surface area contributed by atoms with Crippen molar-refractivity contribution in [2.75, 3.05) is 13.2 Å². The molecule has 0 radical (unpaired) electrons. The molecule has 0 aromatic rings. The number of hydrogen-bond donors (Lipinski definition) is 2. The predicted molar refractivity (Wildman–Crippen MR) is 70.8 cm³/mol. The van der Waals surface area contributed by atoms with Gasteiger partial charge in [-0.2, -0.15) is 0 Å². The molecule has 0 saturated heterocycles. The van der Waals surface area contributed by atoms with Crippen molar-refractivity contribution in [2.24, 2.45) is 17.6 Å². The highest BCUT2D eigenvalue weighted by Crippen LogP contribution is 2.35. The Morgan fingerprint density at radius 1 is 1.35 bits per heavy atom. The first-order valence-electron chi connectivity index (χ1n) is 7.05. The van der Waals surface area contributed by atoms with Crippen LogP contribution in [0.3, 0.4) is 0 Å². The lowest BCUT2D eigenvalue weighted by atomic mass is 9.77. The minimum Gasteiger partial charge on any atom is -0.390 e. The third-order valence-electron chi connectivity index (χ3n) is 4.30. The molecule has 3 nitrogen and oxygen atoms in total. The normalized spacial score (nSPS) is 31.8. The molecule has 3 N–H and O–H groups in total. The molecule has 0 amide bonds. The molecule has 1 fully saturated rings. The Bertz CT molecular complexity index is 210. The minimum atomic E-state index is -0.373. The van der Waals surface area contributed by atoms with Gasteiger partial charge in [0.1, 0.15) is 0 Å². The van der Waals surface area contributed by atoms with Gasteiger partial charge in [0.25, 0.3) is 0 Å². The molecule has 102 valence electrons. The van der Waals surface area contributed by atoms with Gasteiger partial charge in [0.05, 0.1) is 18.3 Å². The summed E-state index contributed by atoms with van der Waals surface area (Å²) in [4.78, 5) is 0. The molecule has 1 aliphatic rings. The monoisotopic (exact) mass is 243 g/mol. The van der Waals surface area contributed by atoms with Gasteiger partial charge in [-0.25, -0.2) is 0 Å². The Kier molecular flexibility index (Phi) is 5.90. The van der Waals surface area contributed by atoms with Crippen LogP contribution in [0.1, 0.15) is 52.9 Å². The summed E-state index contributed by atoms with van der Waals surface area (Å²) >= 11 is 0. The van der Waals surface area contributed by atoms with Crippen LogP contribution in [-0.2, 0) is 4.74 Å². The van der Waals surface area contributed by atoms with Gasteiger partial charge in [-0.15, -0.1) is 0 Å². The second-order valence-electron chi connectivity index (χ2n) is 5.86. The van der Waals surface area contributed by atoms with E-state index in [1.165, 1.54) is 19.3 Å². The van der Waals surface area contributed by atoms with Crippen molar-refractivity contribution in [3.63, 3.8) is 0 Å². The van der Waals surface area contributed by atoms with Crippen LogP contribution < -0.4 is 5.73 Å². The fraction of sp³-hybridized carbons (Fsp3) is 1.00. The highest BCUT2D eigenvalue weighted by atomic mass is 16.5. The molecular weight excluding hydrogens is 214 g/mol. The van der Waals surface area contributed by atoms with Gasteiger partial charge in [0.2, 0.25) is 0 Å². The van der Waals surface area contributed by atoms with Crippen molar-refractivity contribution in [1.82, 2.24) is 0 Å². The summed E-state index contributed by atoms with van der Waals surface area (Å²) in [6.07, 6.45) is 5.41. The van der Waals surface area contributed by atoms with E-state index in [0.29, 0.717) is 13.2 Å². The molecule has 3 heteroatoms. The fourth-order valence-electron chi connectivity index (χ4n) is 2.47. The van der Waals surface area contributed by atoms with Gasteiger partial charge < -0.3 is 15.6 Å². The summed E-state index contributed by atoms with van der Waals surface area (Å²) in [5, 5.41) is 9.80. The molecule has 0 bridgehead atoms. The predicted octanol–water partition coefficient (Wildman–Crippen LogP) is 2.32. The summed E-state index contributed by atoms with van der Waals surface area (Å²) in [5.74, 6) is 1.09. The lowest BCUT2D eigenvalue weighted by Gasteiger charge is -2.40. The smallest absolute Gasteiger partial charge is 0.0805 e. The van der Waals surface area contributed by atoms with Crippen molar-refractivity contribution in [3.05, 3.63) is 0 Å². The highest BCUT2D eigenvalue weighted by Gasteiger charge is 2.35. The molecule has 0 spiro atoms. The number of aliphatic hydroxyl groups is 1. The summed E-state index contributed by atoms with van der Waals surface area (Å²) in [5.41, 5.74) is 5.72. The minimum absolute atomic E-state index is 0.165. The van der Waals surface area contributed by atoms with Crippen LogP contribution in [-0.4, -0.2) is 30.0 Å². The Hall–Kier alpha value is -0.120. The van der Waals surface area contributed by atoms with Gasteiger partial charge in [-0.05, 0) is 37.5 Å². The van der Waals surface area contributed by atoms with Crippen LogP contribution in [0.25, 0.3) is 0 Å². The van der Waals surface area contributed by atoms with Gasteiger partial charge in [0, 0.05) is 6.54 Å². The molecule has 17 heavy (non-hydrogen) atoms. The van der Waals surface area contributed by atoms with Gasteiger partial charge in [-0.3, -0.25) is 0 Å². The SMILES string of the molecule is CCC1CCC(CN)(OCC(O)C(C)C)CC1. The Labute approximate surface area is 106 Å². The van der Waals surface area contributed by atoms with Crippen LogP contribution in [0.2, 0.25) is 0 Å². The number of rotatable bonds is 6. The Balaban J connectivity index is 2.42. The fourth-order valence-corrected chi connectivity index (χ4v) is 2.47. The second kappa shape index (κ2) is 6.72.